The van der Waals surface area contributed by atoms with E-state index in [1.807, 2.05) is 48.7 Å². The number of benzene rings is 2. The summed E-state index contributed by atoms with van der Waals surface area (Å²) in [6.07, 6.45) is 9.47. The second-order valence-corrected chi connectivity index (χ2v) is 10.5. The Morgan fingerprint density at radius 1 is 0.946 bits per heavy atom. The van der Waals surface area contributed by atoms with Crippen LogP contribution >= 0.6 is 0 Å². The number of pyridine rings is 1. The number of rotatable bonds is 7. The van der Waals surface area contributed by atoms with Crippen LogP contribution in [-0.4, -0.2) is 29.4 Å². The molecule has 1 saturated carbocycles. The van der Waals surface area contributed by atoms with E-state index in [2.05, 4.69) is 21.7 Å². The fraction of sp³-hybridized carbons (Fsp3) is 0.387. The number of carbonyl (C=O) groups is 2. The Morgan fingerprint density at radius 3 is 2.51 bits per heavy atom. The highest BCUT2D eigenvalue weighted by molar-refractivity contribution is 5.94. The quantitative estimate of drug-likeness (QED) is 0.469. The number of nitrogens with zero attached hydrogens (tertiary/aromatic N) is 1. The Bertz CT molecular complexity index is 1210. The van der Waals surface area contributed by atoms with E-state index in [0.717, 1.165) is 61.6 Å². The predicted octanol–water partition coefficient (Wildman–Crippen LogP) is 5.21. The molecule has 37 heavy (non-hydrogen) atoms. The molecule has 3 aromatic rings. The van der Waals surface area contributed by atoms with E-state index in [4.69, 9.17) is 0 Å². The molecule has 2 N–H and O–H groups in total. The normalized spacial score (nSPS) is 23.1. The first-order valence-electron chi connectivity index (χ1n) is 13.4. The third-order valence-corrected chi connectivity index (χ3v) is 8.03. The number of halogens is 1. The summed E-state index contributed by atoms with van der Waals surface area (Å²) in [6, 6.07) is 18.3. The van der Waals surface area contributed by atoms with E-state index in [1.165, 1.54) is 6.07 Å². The highest BCUT2D eigenvalue weighted by Gasteiger charge is 2.34. The number of carbonyl (C=O) groups excluding carboxylic acids is 2. The number of amides is 2. The van der Waals surface area contributed by atoms with Crippen molar-refractivity contribution in [2.75, 3.05) is 6.54 Å². The van der Waals surface area contributed by atoms with Crippen molar-refractivity contribution in [2.24, 2.45) is 11.8 Å². The lowest BCUT2D eigenvalue weighted by Crippen LogP contribution is -2.46. The maximum atomic E-state index is 13.9. The second kappa shape index (κ2) is 11.7. The van der Waals surface area contributed by atoms with Crippen LogP contribution in [0.1, 0.15) is 65.1 Å². The summed E-state index contributed by atoms with van der Waals surface area (Å²) in [6.45, 7) is 0.644. The van der Waals surface area contributed by atoms with E-state index in [-0.39, 0.29) is 35.5 Å². The van der Waals surface area contributed by atoms with Gasteiger partial charge in [-0.1, -0.05) is 30.3 Å². The SMILES string of the molecule is O=C(NCC1CCC(C(=O)N[C@H]2CCc3cc(F)ccc3[C@H]2Cc2cccnc2)CC1)c1ccccc1. The average molecular weight is 500 g/mol. The largest absolute Gasteiger partial charge is 0.352 e. The van der Waals surface area contributed by atoms with Gasteiger partial charge in [0.25, 0.3) is 5.91 Å². The highest BCUT2D eigenvalue weighted by Crippen LogP contribution is 2.36. The van der Waals surface area contributed by atoms with Gasteiger partial charge in [-0.25, -0.2) is 4.39 Å². The third-order valence-electron chi connectivity index (χ3n) is 8.03. The van der Waals surface area contributed by atoms with Gasteiger partial charge in [0.2, 0.25) is 5.91 Å². The molecule has 2 atom stereocenters. The zero-order valence-electron chi connectivity index (χ0n) is 21.0. The van der Waals surface area contributed by atoms with Gasteiger partial charge in [0, 0.05) is 42.4 Å². The van der Waals surface area contributed by atoms with E-state index in [1.54, 1.807) is 12.3 Å². The monoisotopic (exact) mass is 499 g/mol. The molecule has 1 heterocycles. The van der Waals surface area contributed by atoms with Gasteiger partial charge in [-0.2, -0.15) is 0 Å². The van der Waals surface area contributed by atoms with Gasteiger partial charge in [0.05, 0.1) is 0 Å². The molecule has 0 bridgehead atoms. The van der Waals surface area contributed by atoms with Crippen LogP contribution in [0.15, 0.2) is 73.1 Å². The summed E-state index contributed by atoms with van der Waals surface area (Å²) in [5.74, 6) is 0.345. The molecule has 0 saturated heterocycles. The van der Waals surface area contributed by atoms with Crippen LogP contribution in [0.25, 0.3) is 0 Å². The molecular formula is C31H34FN3O2. The molecule has 5 nitrogen and oxygen atoms in total. The molecule has 0 radical (unpaired) electrons. The standard InChI is InChI=1S/C31H34FN3O2/c32-26-13-14-27-25(18-26)12-15-29(28(27)17-22-5-4-16-33-19-22)35-31(37)24-10-8-21(9-11-24)20-34-30(36)23-6-2-1-3-7-23/h1-7,13-14,16,18-19,21,24,28-29H,8-12,15,17,20H2,(H,34,36)(H,35,37)/t21?,24?,28-,29+/m1/s1. The summed E-state index contributed by atoms with van der Waals surface area (Å²) in [4.78, 5) is 29.9. The fourth-order valence-corrected chi connectivity index (χ4v) is 5.94. The van der Waals surface area contributed by atoms with Crippen molar-refractivity contribution in [1.29, 1.82) is 0 Å². The second-order valence-electron chi connectivity index (χ2n) is 10.5. The smallest absolute Gasteiger partial charge is 0.251 e. The van der Waals surface area contributed by atoms with Crippen molar-refractivity contribution in [3.05, 3.63) is 101 Å². The number of hydrogen-bond donors (Lipinski definition) is 2. The van der Waals surface area contributed by atoms with Gasteiger partial charge in [-0.3, -0.25) is 14.6 Å². The van der Waals surface area contributed by atoms with Crippen molar-refractivity contribution < 1.29 is 14.0 Å². The summed E-state index contributed by atoms with van der Waals surface area (Å²) in [7, 11) is 0. The maximum absolute atomic E-state index is 13.9. The van der Waals surface area contributed by atoms with Crippen LogP contribution in [0.4, 0.5) is 4.39 Å². The maximum Gasteiger partial charge on any atom is 0.251 e. The van der Waals surface area contributed by atoms with Crippen molar-refractivity contribution in [3.8, 4) is 0 Å². The Balaban J connectivity index is 1.17. The lowest BCUT2D eigenvalue weighted by Gasteiger charge is -2.36. The van der Waals surface area contributed by atoms with Crippen molar-refractivity contribution >= 4 is 11.8 Å². The van der Waals surface area contributed by atoms with Crippen LogP contribution < -0.4 is 10.6 Å². The van der Waals surface area contributed by atoms with Gasteiger partial charge in [-0.15, -0.1) is 0 Å². The molecule has 2 aromatic carbocycles. The van der Waals surface area contributed by atoms with Crippen LogP contribution in [0.3, 0.4) is 0 Å². The molecule has 6 heteroatoms. The highest BCUT2D eigenvalue weighted by atomic mass is 19.1. The Morgan fingerprint density at radius 2 is 1.76 bits per heavy atom. The van der Waals surface area contributed by atoms with Gasteiger partial charge in [0.15, 0.2) is 0 Å². The van der Waals surface area contributed by atoms with Crippen LogP contribution in [-0.2, 0) is 17.6 Å². The minimum absolute atomic E-state index is 0.00488. The average Bonchev–Trinajstić information content (AvgIpc) is 2.94. The summed E-state index contributed by atoms with van der Waals surface area (Å²) < 4.78 is 13.9. The first kappa shape index (κ1) is 25.1. The molecule has 5 rings (SSSR count). The lowest BCUT2D eigenvalue weighted by molar-refractivity contribution is -0.127. The minimum Gasteiger partial charge on any atom is -0.352 e. The predicted molar refractivity (Wildman–Crippen MR) is 142 cm³/mol. The fourth-order valence-electron chi connectivity index (χ4n) is 5.94. The van der Waals surface area contributed by atoms with Crippen molar-refractivity contribution in [2.45, 2.75) is 56.9 Å². The van der Waals surface area contributed by atoms with E-state index >= 15 is 0 Å². The molecule has 2 aliphatic carbocycles. The molecule has 1 aromatic heterocycles. The Labute approximate surface area is 217 Å². The van der Waals surface area contributed by atoms with E-state index < -0.39 is 0 Å². The number of fused-ring (bicyclic) bond motifs is 1. The molecule has 2 amide bonds. The van der Waals surface area contributed by atoms with Crippen molar-refractivity contribution in [1.82, 2.24) is 15.6 Å². The van der Waals surface area contributed by atoms with Gasteiger partial charge < -0.3 is 10.6 Å². The molecule has 1 fully saturated rings. The van der Waals surface area contributed by atoms with Crippen LogP contribution in [0, 0.1) is 17.7 Å². The molecule has 0 aliphatic heterocycles. The summed E-state index contributed by atoms with van der Waals surface area (Å²) in [5.41, 5.74) is 3.95. The first-order valence-corrected chi connectivity index (χ1v) is 13.4. The third kappa shape index (κ3) is 6.24. The Hall–Kier alpha value is -3.54. The number of nitrogens with one attached hydrogen (secondary N) is 2. The molecular weight excluding hydrogens is 465 g/mol. The van der Waals surface area contributed by atoms with Gasteiger partial charge in [-0.05, 0) is 97.9 Å². The first-order chi connectivity index (χ1) is 18.1. The molecule has 192 valence electrons. The molecule has 2 aliphatic rings. The molecule has 0 spiro atoms. The van der Waals surface area contributed by atoms with Gasteiger partial charge >= 0.3 is 0 Å². The topological polar surface area (TPSA) is 71.1 Å². The zero-order valence-corrected chi connectivity index (χ0v) is 21.0. The van der Waals surface area contributed by atoms with Crippen LogP contribution in [0.5, 0.6) is 0 Å². The van der Waals surface area contributed by atoms with Crippen LogP contribution in [0.2, 0.25) is 0 Å². The number of aromatic nitrogens is 1. The van der Waals surface area contributed by atoms with E-state index in [0.29, 0.717) is 18.0 Å². The van der Waals surface area contributed by atoms with Crippen molar-refractivity contribution in [3.63, 3.8) is 0 Å². The summed E-state index contributed by atoms with van der Waals surface area (Å²) >= 11 is 0. The number of aryl methyl sites for hydroxylation is 1. The minimum atomic E-state index is -0.210. The zero-order chi connectivity index (χ0) is 25.6. The Kier molecular flexibility index (Phi) is 7.93. The van der Waals surface area contributed by atoms with Gasteiger partial charge in [0.1, 0.15) is 5.82 Å². The molecule has 0 unspecified atom stereocenters. The lowest BCUT2D eigenvalue weighted by atomic mass is 9.75. The number of hydrogen-bond acceptors (Lipinski definition) is 3. The summed E-state index contributed by atoms with van der Waals surface area (Å²) in [5, 5.41) is 6.43. The van der Waals surface area contributed by atoms with E-state index in [9.17, 15) is 14.0 Å².